The molecular weight excluding hydrogens is 466 g/mol. The van der Waals surface area contributed by atoms with E-state index in [1.165, 1.54) is 38.5 Å². The van der Waals surface area contributed by atoms with Gasteiger partial charge in [0, 0.05) is 17.1 Å². The number of nitrogens with one attached hydrogen (secondary N) is 1. The highest BCUT2D eigenvalue weighted by Gasteiger charge is 2.41. The van der Waals surface area contributed by atoms with Gasteiger partial charge in [-0.2, -0.15) is 0 Å². The van der Waals surface area contributed by atoms with Gasteiger partial charge in [0.2, 0.25) is 5.91 Å². The minimum Gasteiger partial charge on any atom is -0.497 e. The second-order valence-electron chi connectivity index (χ2n) is 10.3. The van der Waals surface area contributed by atoms with Crippen LogP contribution in [0.4, 0.5) is 0 Å². The molecule has 8 heteroatoms. The molecule has 1 amide bonds. The Kier molecular flexibility index (Phi) is 8.87. The molecule has 2 aliphatic rings. The van der Waals surface area contributed by atoms with Crippen molar-refractivity contribution in [1.29, 1.82) is 0 Å². The first-order valence-electron chi connectivity index (χ1n) is 12.9. The van der Waals surface area contributed by atoms with Gasteiger partial charge in [0.1, 0.15) is 5.75 Å². The Balaban J connectivity index is 1.42. The molecule has 0 spiro atoms. The third kappa shape index (κ3) is 6.08. The monoisotopic (exact) mass is 503 g/mol. The van der Waals surface area contributed by atoms with Crippen molar-refractivity contribution in [1.82, 2.24) is 15.4 Å². The van der Waals surface area contributed by atoms with E-state index in [-0.39, 0.29) is 5.91 Å². The predicted octanol–water partition coefficient (Wildman–Crippen LogP) is 5.27. The summed E-state index contributed by atoms with van der Waals surface area (Å²) in [5.74, 6) is 1.14. The van der Waals surface area contributed by atoms with Crippen LogP contribution >= 0.6 is 11.6 Å². The van der Waals surface area contributed by atoms with Crippen molar-refractivity contribution in [2.45, 2.75) is 70.3 Å². The van der Waals surface area contributed by atoms with Crippen LogP contribution in [0.1, 0.15) is 75.9 Å². The first-order valence-corrected chi connectivity index (χ1v) is 13.3. The van der Waals surface area contributed by atoms with Crippen LogP contribution in [0.3, 0.4) is 0 Å². The largest absolute Gasteiger partial charge is 0.497 e. The highest BCUT2D eigenvalue weighted by molar-refractivity contribution is 6.32. The molecule has 3 N–H and O–H groups in total. The van der Waals surface area contributed by atoms with E-state index in [4.69, 9.17) is 16.3 Å². The lowest BCUT2D eigenvalue weighted by Crippen LogP contribution is -2.48. The zero-order valence-corrected chi connectivity index (χ0v) is 21.4. The number of piperidine rings is 1. The third-order valence-electron chi connectivity index (χ3n) is 8.27. The summed E-state index contributed by atoms with van der Waals surface area (Å²) in [5.41, 5.74) is 2.52. The lowest BCUT2D eigenvalue weighted by molar-refractivity contribution is -0.143. The van der Waals surface area contributed by atoms with Crippen molar-refractivity contribution in [3.8, 4) is 5.75 Å². The number of ether oxygens (including phenoxy) is 1. The fourth-order valence-electron chi connectivity index (χ4n) is 5.95. The SMILES string of the molecule is COc1ccc2ncc(Cl)c(C(O)CCC3(C(=O)NO)CCN(CCC4CCCCC4)CC3)c2c1. The van der Waals surface area contributed by atoms with Crippen LogP contribution in [0.15, 0.2) is 24.4 Å². The quantitative estimate of drug-likeness (QED) is 0.319. The molecule has 2 aromatic rings. The summed E-state index contributed by atoms with van der Waals surface area (Å²) in [6, 6.07) is 5.49. The van der Waals surface area contributed by atoms with Crippen LogP contribution in [-0.2, 0) is 4.79 Å². The Morgan fingerprint density at radius 2 is 2.03 bits per heavy atom. The van der Waals surface area contributed by atoms with Gasteiger partial charge in [0.05, 0.1) is 29.2 Å². The Morgan fingerprint density at radius 1 is 1.29 bits per heavy atom. The molecule has 1 aromatic heterocycles. The van der Waals surface area contributed by atoms with Gasteiger partial charge in [-0.3, -0.25) is 15.0 Å². The Hall–Kier alpha value is -1.93. The Labute approximate surface area is 212 Å². The standard InChI is InChI=1S/C27H38ClN3O4/c1-35-20-7-8-23-21(17-20)25(22(28)18-29-23)24(32)9-11-27(26(33)30-34)12-15-31(16-13-27)14-10-19-5-3-2-4-6-19/h7-8,17-19,24,32,34H,2-6,9-16H2,1H3,(H,30,33). The summed E-state index contributed by atoms with van der Waals surface area (Å²) < 4.78 is 5.34. The number of aromatic nitrogens is 1. The zero-order valence-electron chi connectivity index (χ0n) is 20.6. The average Bonchev–Trinajstić information content (AvgIpc) is 2.90. The van der Waals surface area contributed by atoms with Gasteiger partial charge in [-0.05, 0) is 75.9 Å². The summed E-state index contributed by atoms with van der Waals surface area (Å²) >= 11 is 6.47. The molecule has 1 unspecified atom stereocenters. The lowest BCUT2D eigenvalue weighted by atomic mass is 9.73. The molecule has 35 heavy (non-hydrogen) atoms. The number of hydrogen-bond acceptors (Lipinski definition) is 6. The topological polar surface area (TPSA) is 94.9 Å². The number of hydrogen-bond donors (Lipinski definition) is 3. The van der Waals surface area contributed by atoms with Gasteiger partial charge in [-0.15, -0.1) is 0 Å². The number of pyridine rings is 1. The molecule has 1 aliphatic carbocycles. The maximum Gasteiger partial charge on any atom is 0.249 e. The van der Waals surface area contributed by atoms with Gasteiger partial charge in [-0.1, -0.05) is 43.7 Å². The molecular formula is C27H38ClN3O4. The Morgan fingerprint density at radius 3 is 2.71 bits per heavy atom. The van der Waals surface area contributed by atoms with Crippen LogP contribution in [0.2, 0.25) is 5.02 Å². The van der Waals surface area contributed by atoms with E-state index in [0.29, 0.717) is 42.0 Å². The van der Waals surface area contributed by atoms with E-state index in [9.17, 15) is 15.1 Å². The number of amides is 1. The third-order valence-corrected chi connectivity index (χ3v) is 8.57. The number of aliphatic hydroxyl groups is 1. The summed E-state index contributed by atoms with van der Waals surface area (Å²) in [7, 11) is 1.59. The molecule has 7 nitrogen and oxygen atoms in total. The van der Waals surface area contributed by atoms with E-state index in [1.54, 1.807) is 13.3 Å². The zero-order chi connectivity index (χ0) is 24.8. The number of carbonyl (C=O) groups is 1. The first-order chi connectivity index (χ1) is 17.0. The summed E-state index contributed by atoms with van der Waals surface area (Å²) in [5, 5.41) is 21.8. The number of methoxy groups -OCH3 is 1. The minimum atomic E-state index is -0.868. The van der Waals surface area contributed by atoms with Crippen molar-refractivity contribution in [2.24, 2.45) is 11.3 Å². The maximum atomic E-state index is 12.8. The van der Waals surface area contributed by atoms with Crippen LogP contribution < -0.4 is 10.2 Å². The molecule has 1 aromatic carbocycles. The number of fused-ring (bicyclic) bond motifs is 1. The lowest BCUT2D eigenvalue weighted by Gasteiger charge is -2.41. The van der Waals surface area contributed by atoms with Crippen molar-refractivity contribution < 1.29 is 19.8 Å². The van der Waals surface area contributed by atoms with Crippen molar-refractivity contribution in [3.05, 3.63) is 35.0 Å². The van der Waals surface area contributed by atoms with Crippen molar-refractivity contribution in [2.75, 3.05) is 26.7 Å². The second-order valence-corrected chi connectivity index (χ2v) is 10.7. The predicted molar refractivity (Wildman–Crippen MR) is 137 cm³/mol. The first kappa shape index (κ1) is 26.1. The number of likely N-dealkylation sites (tertiary alicyclic amines) is 1. The maximum absolute atomic E-state index is 12.8. The second kappa shape index (κ2) is 11.9. The summed E-state index contributed by atoms with van der Waals surface area (Å²) in [6.45, 7) is 2.73. The average molecular weight is 504 g/mol. The number of halogens is 1. The molecule has 4 rings (SSSR count). The fourth-order valence-corrected chi connectivity index (χ4v) is 6.22. The molecule has 1 saturated heterocycles. The highest BCUT2D eigenvalue weighted by atomic mass is 35.5. The van der Waals surface area contributed by atoms with Crippen molar-refractivity contribution >= 4 is 28.4 Å². The highest BCUT2D eigenvalue weighted by Crippen LogP contribution is 2.41. The van der Waals surface area contributed by atoms with E-state index >= 15 is 0 Å². The van der Waals surface area contributed by atoms with Gasteiger partial charge < -0.3 is 14.7 Å². The molecule has 1 saturated carbocycles. The number of rotatable bonds is 9. The molecule has 192 valence electrons. The van der Waals surface area contributed by atoms with Crippen LogP contribution in [0.25, 0.3) is 10.9 Å². The van der Waals surface area contributed by atoms with E-state index in [1.807, 2.05) is 23.7 Å². The van der Waals surface area contributed by atoms with E-state index in [2.05, 4.69) is 9.88 Å². The number of carbonyl (C=O) groups excluding carboxylic acids is 1. The van der Waals surface area contributed by atoms with E-state index in [0.717, 1.165) is 36.5 Å². The van der Waals surface area contributed by atoms with Gasteiger partial charge in [0.15, 0.2) is 0 Å². The Bertz CT molecular complexity index is 1000. The molecule has 2 heterocycles. The van der Waals surface area contributed by atoms with Gasteiger partial charge in [0.25, 0.3) is 0 Å². The molecule has 0 radical (unpaired) electrons. The fraction of sp³-hybridized carbons (Fsp3) is 0.630. The number of aliphatic hydroxyl groups excluding tert-OH is 1. The number of hydroxylamine groups is 1. The molecule has 0 bridgehead atoms. The normalized spacial score (nSPS) is 20.0. The minimum absolute atomic E-state index is 0.353. The molecule has 2 fully saturated rings. The van der Waals surface area contributed by atoms with E-state index < -0.39 is 11.5 Å². The van der Waals surface area contributed by atoms with Crippen LogP contribution in [0, 0.1) is 11.3 Å². The number of nitrogens with zero attached hydrogens (tertiary/aromatic N) is 2. The van der Waals surface area contributed by atoms with Gasteiger partial charge >= 0.3 is 0 Å². The molecule has 1 aliphatic heterocycles. The van der Waals surface area contributed by atoms with Crippen LogP contribution in [0.5, 0.6) is 5.75 Å². The smallest absolute Gasteiger partial charge is 0.249 e. The van der Waals surface area contributed by atoms with Crippen molar-refractivity contribution in [3.63, 3.8) is 0 Å². The number of benzene rings is 1. The summed E-state index contributed by atoms with van der Waals surface area (Å²) in [6.07, 6.45) is 10.8. The molecule has 1 atom stereocenters. The van der Waals surface area contributed by atoms with Crippen LogP contribution in [-0.4, -0.2) is 52.8 Å². The summed E-state index contributed by atoms with van der Waals surface area (Å²) in [4.78, 5) is 19.6. The van der Waals surface area contributed by atoms with Gasteiger partial charge in [-0.25, -0.2) is 5.48 Å².